The van der Waals surface area contributed by atoms with Crippen LogP contribution in [0.2, 0.25) is 0 Å². The maximum absolute atomic E-state index is 5.90. The number of aromatic nitrogens is 4. The molecule has 3 aromatic rings. The van der Waals surface area contributed by atoms with Crippen LogP contribution in [0.1, 0.15) is 5.56 Å². The number of anilines is 1. The van der Waals surface area contributed by atoms with E-state index in [0.29, 0.717) is 12.5 Å². The van der Waals surface area contributed by atoms with Crippen LogP contribution in [0, 0.1) is 0 Å². The quantitative estimate of drug-likeness (QED) is 0.716. The van der Waals surface area contributed by atoms with Crippen molar-refractivity contribution in [3.63, 3.8) is 0 Å². The lowest BCUT2D eigenvalue weighted by Gasteiger charge is -2.05. The van der Waals surface area contributed by atoms with Crippen LogP contribution in [0.3, 0.4) is 0 Å². The minimum atomic E-state index is 0.482. The minimum absolute atomic E-state index is 0.482. The van der Waals surface area contributed by atoms with E-state index in [1.807, 2.05) is 28.8 Å². The van der Waals surface area contributed by atoms with Crippen LogP contribution >= 0.6 is 0 Å². The van der Waals surface area contributed by atoms with Crippen LogP contribution in [0.15, 0.2) is 42.9 Å². The third-order valence-corrected chi connectivity index (χ3v) is 2.62. The van der Waals surface area contributed by atoms with E-state index in [2.05, 4.69) is 15.0 Å². The molecule has 3 heterocycles. The zero-order chi connectivity index (χ0) is 11.7. The molecule has 0 radical (unpaired) electrons. The summed E-state index contributed by atoms with van der Waals surface area (Å²) < 4.78 is 1.89. The number of nitrogens with two attached hydrogens (primary N) is 1. The van der Waals surface area contributed by atoms with E-state index >= 15 is 0 Å². The largest absolute Gasteiger partial charge is 0.369 e. The first kappa shape index (κ1) is 9.77. The number of imidazole rings is 1. The van der Waals surface area contributed by atoms with Crippen molar-refractivity contribution in [2.45, 2.75) is 6.54 Å². The van der Waals surface area contributed by atoms with Gasteiger partial charge >= 0.3 is 0 Å². The Hall–Kier alpha value is -2.43. The Bertz CT molecular complexity index is 644. The molecule has 0 aliphatic carbocycles. The summed E-state index contributed by atoms with van der Waals surface area (Å²) in [4.78, 5) is 12.6. The Morgan fingerprint density at radius 3 is 2.76 bits per heavy atom. The van der Waals surface area contributed by atoms with Crippen molar-refractivity contribution < 1.29 is 0 Å². The van der Waals surface area contributed by atoms with Gasteiger partial charge in [-0.25, -0.2) is 9.97 Å². The van der Waals surface area contributed by atoms with Crippen molar-refractivity contribution in [1.29, 1.82) is 0 Å². The molecule has 0 fully saturated rings. The van der Waals surface area contributed by atoms with Gasteiger partial charge in [0.2, 0.25) is 5.95 Å². The Kier molecular flexibility index (Phi) is 2.22. The lowest BCUT2D eigenvalue weighted by atomic mass is 10.3. The molecule has 0 saturated carbocycles. The zero-order valence-corrected chi connectivity index (χ0v) is 9.11. The van der Waals surface area contributed by atoms with Crippen molar-refractivity contribution in [2.24, 2.45) is 0 Å². The third kappa shape index (κ3) is 1.71. The third-order valence-electron chi connectivity index (χ3n) is 2.62. The van der Waals surface area contributed by atoms with Gasteiger partial charge < -0.3 is 5.73 Å². The summed E-state index contributed by atoms with van der Waals surface area (Å²) in [5.41, 5.74) is 8.65. The van der Waals surface area contributed by atoms with Crippen LogP contribution in [0.5, 0.6) is 0 Å². The Labute approximate surface area is 98.0 Å². The zero-order valence-electron chi connectivity index (χ0n) is 9.11. The first-order chi connectivity index (χ1) is 8.34. The highest BCUT2D eigenvalue weighted by Gasteiger charge is 2.08. The molecule has 0 spiro atoms. The average Bonchev–Trinajstić information content (AvgIpc) is 2.68. The van der Waals surface area contributed by atoms with E-state index in [9.17, 15) is 0 Å². The van der Waals surface area contributed by atoms with Crippen LogP contribution in [0.4, 0.5) is 5.95 Å². The van der Waals surface area contributed by atoms with Gasteiger partial charge in [0, 0.05) is 18.6 Å². The second-order valence-electron chi connectivity index (χ2n) is 3.76. The van der Waals surface area contributed by atoms with Gasteiger partial charge in [0.1, 0.15) is 5.52 Å². The molecule has 0 amide bonds. The lowest BCUT2D eigenvalue weighted by molar-refractivity contribution is 0.826. The van der Waals surface area contributed by atoms with Crippen LogP contribution in [-0.2, 0) is 6.54 Å². The highest BCUT2D eigenvalue weighted by molar-refractivity contribution is 5.73. The molecule has 84 valence electrons. The summed E-state index contributed by atoms with van der Waals surface area (Å²) in [5, 5.41) is 0. The Balaban J connectivity index is 2.08. The number of nitrogens with zero attached hydrogens (tertiary/aromatic N) is 4. The Morgan fingerprint density at radius 1 is 1.12 bits per heavy atom. The summed E-state index contributed by atoms with van der Waals surface area (Å²) in [6.07, 6.45) is 5.27. The molecular formula is C12H11N5. The summed E-state index contributed by atoms with van der Waals surface area (Å²) in [6, 6.07) is 7.66. The average molecular weight is 225 g/mol. The molecule has 5 nitrogen and oxygen atoms in total. The number of rotatable bonds is 2. The lowest BCUT2D eigenvalue weighted by Crippen LogP contribution is -2.05. The molecule has 0 bridgehead atoms. The molecule has 0 atom stereocenters. The summed E-state index contributed by atoms with van der Waals surface area (Å²) in [5.74, 6) is 0.482. The fraction of sp³-hybridized carbons (Fsp3) is 0.0833. The van der Waals surface area contributed by atoms with Crippen molar-refractivity contribution >= 4 is 17.1 Å². The van der Waals surface area contributed by atoms with Crippen molar-refractivity contribution in [3.05, 3.63) is 48.4 Å². The van der Waals surface area contributed by atoms with Gasteiger partial charge in [-0.15, -0.1) is 0 Å². The topological polar surface area (TPSA) is 69.6 Å². The van der Waals surface area contributed by atoms with E-state index in [1.54, 1.807) is 18.6 Å². The molecule has 2 N–H and O–H groups in total. The normalized spacial score (nSPS) is 10.8. The molecule has 0 aliphatic heterocycles. The molecule has 3 aromatic heterocycles. The summed E-state index contributed by atoms with van der Waals surface area (Å²) in [6.45, 7) is 0.655. The molecule has 3 rings (SSSR count). The fourth-order valence-electron chi connectivity index (χ4n) is 1.80. The van der Waals surface area contributed by atoms with E-state index < -0.39 is 0 Å². The van der Waals surface area contributed by atoms with Gasteiger partial charge in [-0.2, -0.15) is 0 Å². The molecule has 17 heavy (non-hydrogen) atoms. The highest BCUT2D eigenvalue weighted by atomic mass is 15.2. The van der Waals surface area contributed by atoms with Crippen molar-refractivity contribution in [1.82, 2.24) is 19.5 Å². The maximum atomic E-state index is 5.90. The van der Waals surface area contributed by atoms with E-state index in [-0.39, 0.29) is 0 Å². The molecule has 0 aliphatic rings. The number of pyridine rings is 2. The number of hydrogen-bond donors (Lipinski definition) is 1. The standard InChI is InChI=1S/C12H11N5/c13-12-16-10-2-1-5-15-11(10)17(12)8-9-3-6-14-7-4-9/h1-7H,8H2,(H2,13,16). The second-order valence-corrected chi connectivity index (χ2v) is 3.76. The van der Waals surface area contributed by atoms with E-state index in [0.717, 1.165) is 16.7 Å². The van der Waals surface area contributed by atoms with E-state index in [1.165, 1.54) is 0 Å². The smallest absolute Gasteiger partial charge is 0.202 e. The minimum Gasteiger partial charge on any atom is -0.369 e. The summed E-state index contributed by atoms with van der Waals surface area (Å²) in [7, 11) is 0. The van der Waals surface area contributed by atoms with Crippen LogP contribution < -0.4 is 5.73 Å². The fourth-order valence-corrected chi connectivity index (χ4v) is 1.80. The predicted molar refractivity (Wildman–Crippen MR) is 65.3 cm³/mol. The first-order valence-electron chi connectivity index (χ1n) is 5.30. The van der Waals surface area contributed by atoms with Gasteiger partial charge in [-0.3, -0.25) is 9.55 Å². The molecule has 0 aromatic carbocycles. The predicted octanol–water partition coefficient (Wildman–Crippen LogP) is 1.46. The number of fused-ring (bicyclic) bond motifs is 1. The van der Waals surface area contributed by atoms with Crippen molar-refractivity contribution in [2.75, 3.05) is 5.73 Å². The number of nitrogen functional groups attached to an aromatic ring is 1. The van der Waals surface area contributed by atoms with Gasteiger partial charge in [0.05, 0.1) is 6.54 Å². The van der Waals surface area contributed by atoms with Gasteiger partial charge in [-0.05, 0) is 29.8 Å². The van der Waals surface area contributed by atoms with Crippen LogP contribution in [-0.4, -0.2) is 19.5 Å². The van der Waals surface area contributed by atoms with Crippen LogP contribution in [0.25, 0.3) is 11.2 Å². The monoisotopic (exact) mass is 225 g/mol. The highest BCUT2D eigenvalue weighted by Crippen LogP contribution is 2.16. The van der Waals surface area contributed by atoms with Gasteiger partial charge in [-0.1, -0.05) is 0 Å². The Morgan fingerprint density at radius 2 is 1.94 bits per heavy atom. The molecular weight excluding hydrogens is 214 g/mol. The molecule has 5 heteroatoms. The first-order valence-corrected chi connectivity index (χ1v) is 5.30. The second kappa shape index (κ2) is 3.86. The van der Waals surface area contributed by atoms with Crippen molar-refractivity contribution in [3.8, 4) is 0 Å². The van der Waals surface area contributed by atoms with E-state index in [4.69, 9.17) is 5.73 Å². The number of hydrogen-bond acceptors (Lipinski definition) is 4. The van der Waals surface area contributed by atoms with Gasteiger partial charge in [0.25, 0.3) is 0 Å². The molecule has 0 saturated heterocycles. The maximum Gasteiger partial charge on any atom is 0.202 e. The van der Waals surface area contributed by atoms with Gasteiger partial charge in [0.15, 0.2) is 5.65 Å². The summed E-state index contributed by atoms with van der Waals surface area (Å²) >= 11 is 0. The SMILES string of the molecule is Nc1nc2cccnc2n1Cc1ccncc1. The molecule has 0 unspecified atom stereocenters.